The predicted octanol–water partition coefficient (Wildman–Crippen LogP) is 9.07. The zero-order valence-corrected chi connectivity index (χ0v) is 25.7. The van der Waals surface area contributed by atoms with Crippen LogP contribution in [0.25, 0.3) is 32.9 Å². The molecule has 7 aromatic rings. The van der Waals surface area contributed by atoms with Gasteiger partial charge in [-0.25, -0.2) is 0 Å². The quantitative estimate of drug-likeness (QED) is 0.149. The zero-order valence-electron chi connectivity index (χ0n) is 25.7. The van der Waals surface area contributed by atoms with Crippen LogP contribution in [0, 0.1) is 5.92 Å². The summed E-state index contributed by atoms with van der Waals surface area (Å²) in [5.41, 5.74) is 11.1. The Hall–Kier alpha value is -5.16. The molecule has 218 valence electrons. The Kier molecular flexibility index (Phi) is 5.80. The molecule has 0 N–H and O–H groups in total. The lowest BCUT2D eigenvalue weighted by atomic mass is 9.33. The van der Waals surface area contributed by atoms with Gasteiger partial charge >= 0.3 is 0 Å². The number of para-hydroxylation sites is 3. The summed E-state index contributed by atoms with van der Waals surface area (Å²) in [6, 6.07) is 39.2. The highest BCUT2D eigenvalue weighted by molar-refractivity contribution is 7.01. The maximum atomic E-state index is 7.12. The Labute approximate surface area is 263 Å². The monoisotopic (exact) mass is 584 g/mol. The standard InChI is InChI=1S/C40H33BN2O2/c1-4-13-27(24-25(2)3)43-34-20-12-19-33-37(34)41(31-17-9-10-18-32(31)42(33)26-14-6-5-7-15-26)36-30-23-22-29-28-16-8-11-21-35(28)44-38(29)39(30)45-40(36)43/h4-23,25,27H,24H2,1-3H3/b13-4-. The average molecular weight is 585 g/mol. The Bertz CT molecular complexity index is 2280. The molecule has 4 nitrogen and oxygen atoms in total. The van der Waals surface area contributed by atoms with Gasteiger partial charge in [0.25, 0.3) is 6.71 Å². The fourth-order valence-corrected chi connectivity index (χ4v) is 7.83. The number of allylic oxidation sites excluding steroid dienone is 1. The van der Waals surface area contributed by atoms with Gasteiger partial charge in [0.1, 0.15) is 5.58 Å². The van der Waals surface area contributed by atoms with Crippen LogP contribution in [0.15, 0.2) is 130 Å². The number of benzene rings is 5. The first-order valence-electron chi connectivity index (χ1n) is 16.0. The number of rotatable bonds is 5. The first kappa shape index (κ1) is 26.3. The van der Waals surface area contributed by atoms with Crippen LogP contribution < -0.4 is 26.2 Å². The third-order valence-electron chi connectivity index (χ3n) is 9.54. The summed E-state index contributed by atoms with van der Waals surface area (Å²) in [5, 5.41) is 3.30. The molecule has 45 heavy (non-hydrogen) atoms. The van der Waals surface area contributed by atoms with E-state index in [-0.39, 0.29) is 12.8 Å². The van der Waals surface area contributed by atoms with Gasteiger partial charge in [-0.15, -0.1) is 0 Å². The number of furan rings is 2. The van der Waals surface area contributed by atoms with E-state index in [9.17, 15) is 0 Å². The fraction of sp³-hybridized carbons (Fsp3) is 0.150. The molecule has 2 aliphatic rings. The third-order valence-corrected chi connectivity index (χ3v) is 9.54. The van der Waals surface area contributed by atoms with Gasteiger partial charge in [0.2, 0.25) is 0 Å². The molecule has 5 heteroatoms. The van der Waals surface area contributed by atoms with Crippen molar-refractivity contribution < 1.29 is 8.83 Å². The molecule has 0 saturated carbocycles. The molecule has 1 unspecified atom stereocenters. The Morgan fingerprint density at radius 1 is 0.667 bits per heavy atom. The van der Waals surface area contributed by atoms with Crippen molar-refractivity contribution in [2.24, 2.45) is 5.92 Å². The van der Waals surface area contributed by atoms with E-state index in [0.29, 0.717) is 5.92 Å². The summed E-state index contributed by atoms with van der Waals surface area (Å²) in [7, 11) is 0. The van der Waals surface area contributed by atoms with Gasteiger partial charge in [-0.3, -0.25) is 0 Å². The minimum atomic E-state index is 0.00648. The summed E-state index contributed by atoms with van der Waals surface area (Å²) < 4.78 is 13.7. The summed E-state index contributed by atoms with van der Waals surface area (Å²) >= 11 is 0. The molecule has 1 atom stereocenters. The molecule has 0 aliphatic carbocycles. The smallest absolute Gasteiger partial charge is 0.257 e. The summed E-state index contributed by atoms with van der Waals surface area (Å²) in [6.07, 6.45) is 5.51. The average Bonchev–Trinajstić information content (AvgIpc) is 3.64. The van der Waals surface area contributed by atoms with Crippen LogP contribution in [-0.2, 0) is 0 Å². The highest BCUT2D eigenvalue weighted by Crippen LogP contribution is 2.45. The molecule has 0 radical (unpaired) electrons. The van der Waals surface area contributed by atoms with Crippen molar-refractivity contribution in [3.63, 3.8) is 0 Å². The first-order valence-corrected chi connectivity index (χ1v) is 16.0. The summed E-state index contributed by atoms with van der Waals surface area (Å²) in [5.74, 6) is 1.42. The van der Waals surface area contributed by atoms with Crippen molar-refractivity contribution in [3.05, 3.63) is 121 Å². The number of hydrogen-bond donors (Lipinski definition) is 0. The van der Waals surface area contributed by atoms with Crippen LogP contribution in [0.4, 0.5) is 28.6 Å². The highest BCUT2D eigenvalue weighted by Gasteiger charge is 2.46. The van der Waals surface area contributed by atoms with E-state index in [2.05, 4.69) is 140 Å². The van der Waals surface area contributed by atoms with E-state index in [0.717, 1.165) is 50.9 Å². The highest BCUT2D eigenvalue weighted by atomic mass is 16.4. The van der Waals surface area contributed by atoms with Crippen molar-refractivity contribution in [1.82, 2.24) is 0 Å². The number of hydrogen-bond acceptors (Lipinski definition) is 4. The third kappa shape index (κ3) is 3.73. The van der Waals surface area contributed by atoms with Gasteiger partial charge in [0.05, 0.1) is 6.04 Å². The molecule has 4 heterocycles. The van der Waals surface area contributed by atoms with Crippen molar-refractivity contribution in [1.29, 1.82) is 0 Å². The molecule has 0 amide bonds. The Morgan fingerprint density at radius 3 is 2.22 bits per heavy atom. The van der Waals surface area contributed by atoms with Gasteiger partial charge in [-0.2, -0.15) is 0 Å². The number of anilines is 5. The lowest BCUT2D eigenvalue weighted by molar-refractivity contribution is 0.514. The fourth-order valence-electron chi connectivity index (χ4n) is 7.83. The van der Waals surface area contributed by atoms with E-state index >= 15 is 0 Å². The second-order valence-electron chi connectivity index (χ2n) is 12.7. The molecule has 0 spiro atoms. The molecule has 0 fully saturated rings. The van der Waals surface area contributed by atoms with Crippen LogP contribution in [0.3, 0.4) is 0 Å². The minimum Gasteiger partial charge on any atom is -0.452 e. The van der Waals surface area contributed by atoms with Crippen LogP contribution >= 0.6 is 0 Å². The van der Waals surface area contributed by atoms with Crippen molar-refractivity contribution in [2.45, 2.75) is 33.2 Å². The van der Waals surface area contributed by atoms with Crippen LogP contribution in [0.2, 0.25) is 0 Å². The lowest BCUT2D eigenvalue weighted by Crippen LogP contribution is -2.62. The molecule has 2 aromatic heterocycles. The molecule has 9 rings (SSSR count). The van der Waals surface area contributed by atoms with E-state index in [1.54, 1.807) is 0 Å². The van der Waals surface area contributed by atoms with Crippen molar-refractivity contribution in [3.8, 4) is 0 Å². The molecule has 2 aliphatic heterocycles. The lowest BCUT2D eigenvalue weighted by Gasteiger charge is -2.44. The normalized spacial score (nSPS) is 14.5. The van der Waals surface area contributed by atoms with Crippen LogP contribution in [0.5, 0.6) is 0 Å². The predicted molar refractivity (Wildman–Crippen MR) is 189 cm³/mol. The van der Waals surface area contributed by atoms with Crippen molar-refractivity contribution >= 4 is 84.6 Å². The van der Waals surface area contributed by atoms with E-state index in [4.69, 9.17) is 8.83 Å². The van der Waals surface area contributed by atoms with Crippen LogP contribution in [0.1, 0.15) is 27.2 Å². The maximum absolute atomic E-state index is 7.12. The Morgan fingerprint density at radius 2 is 1.38 bits per heavy atom. The van der Waals surface area contributed by atoms with Gasteiger partial charge in [0, 0.05) is 44.4 Å². The molecular weight excluding hydrogens is 551 g/mol. The largest absolute Gasteiger partial charge is 0.452 e. The molecular formula is C40H33BN2O2. The molecule has 0 saturated heterocycles. The van der Waals surface area contributed by atoms with E-state index < -0.39 is 0 Å². The first-order chi connectivity index (χ1) is 22.1. The zero-order chi connectivity index (χ0) is 30.2. The van der Waals surface area contributed by atoms with E-state index in [1.807, 2.05) is 12.1 Å². The topological polar surface area (TPSA) is 32.8 Å². The summed E-state index contributed by atoms with van der Waals surface area (Å²) in [4.78, 5) is 4.90. The number of fused-ring (bicyclic) bond motifs is 10. The Balaban J connectivity index is 1.41. The van der Waals surface area contributed by atoms with Gasteiger partial charge in [0.15, 0.2) is 17.1 Å². The second kappa shape index (κ2) is 9.93. The maximum Gasteiger partial charge on any atom is 0.257 e. The second-order valence-corrected chi connectivity index (χ2v) is 12.7. The number of nitrogens with zero attached hydrogens (tertiary/aromatic N) is 2. The minimum absolute atomic E-state index is 0.00648. The molecule has 5 aromatic carbocycles. The van der Waals surface area contributed by atoms with Gasteiger partial charge in [-0.1, -0.05) is 92.7 Å². The summed E-state index contributed by atoms with van der Waals surface area (Å²) in [6.45, 7) is 6.72. The van der Waals surface area contributed by atoms with Gasteiger partial charge in [-0.05, 0) is 72.7 Å². The van der Waals surface area contributed by atoms with Crippen LogP contribution in [-0.4, -0.2) is 12.8 Å². The van der Waals surface area contributed by atoms with Gasteiger partial charge < -0.3 is 18.6 Å². The van der Waals surface area contributed by atoms with Crippen molar-refractivity contribution in [2.75, 3.05) is 9.80 Å². The molecule has 0 bridgehead atoms. The van der Waals surface area contributed by atoms with E-state index in [1.165, 1.54) is 33.5 Å². The SMILES string of the molecule is C/C=C\C(CC(C)C)N1c2cccc3c2B(c2ccccc2N3c2ccccc2)c2c1oc1c2ccc2c3ccccc3oc21.